The molecule has 0 spiro atoms. The Morgan fingerprint density at radius 1 is 1.33 bits per heavy atom. The molecule has 24 heavy (non-hydrogen) atoms. The fourth-order valence-corrected chi connectivity index (χ4v) is 3.72. The van der Waals surface area contributed by atoms with Crippen LogP contribution in [-0.4, -0.2) is 27.5 Å². The number of halogens is 1. The van der Waals surface area contributed by atoms with Crippen LogP contribution in [0.2, 0.25) is 5.02 Å². The molecule has 1 fully saturated rings. The van der Waals surface area contributed by atoms with E-state index in [0.29, 0.717) is 36.2 Å². The van der Waals surface area contributed by atoms with Crippen LogP contribution in [0.15, 0.2) is 46.3 Å². The summed E-state index contributed by atoms with van der Waals surface area (Å²) in [5.74, 6) is 1.15. The molecule has 5 nitrogen and oxygen atoms in total. The summed E-state index contributed by atoms with van der Waals surface area (Å²) in [7, 11) is 0. The van der Waals surface area contributed by atoms with Crippen molar-refractivity contribution in [2.45, 2.75) is 18.9 Å². The highest BCUT2D eigenvalue weighted by molar-refractivity contribution is 7.13. The van der Waals surface area contributed by atoms with Gasteiger partial charge < -0.3 is 9.42 Å². The molecule has 4 rings (SSSR count). The Hall–Kier alpha value is -2.18. The number of carbonyl (C=O) groups is 1. The summed E-state index contributed by atoms with van der Waals surface area (Å²) in [6.07, 6.45) is 0.395. The van der Waals surface area contributed by atoms with E-state index < -0.39 is 0 Å². The molecular weight excluding hydrogens is 346 g/mol. The van der Waals surface area contributed by atoms with Crippen LogP contribution in [0.25, 0.3) is 10.7 Å². The van der Waals surface area contributed by atoms with E-state index in [1.165, 1.54) is 0 Å². The molecule has 1 saturated heterocycles. The quantitative estimate of drug-likeness (QED) is 0.707. The van der Waals surface area contributed by atoms with Gasteiger partial charge in [-0.1, -0.05) is 35.0 Å². The Morgan fingerprint density at radius 2 is 2.25 bits per heavy atom. The lowest BCUT2D eigenvalue weighted by Gasteiger charge is -2.16. The van der Waals surface area contributed by atoms with Gasteiger partial charge in [-0.05, 0) is 29.1 Å². The first-order chi connectivity index (χ1) is 11.7. The lowest BCUT2D eigenvalue weighted by Crippen LogP contribution is -2.24. The van der Waals surface area contributed by atoms with Crippen molar-refractivity contribution < 1.29 is 9.32 Å². The van der Waals surface area contributed by atoms with E-state index in [1.807, 2.05) is 46.7 Å². The Morgan fingerprint density at radius 3 is 3.04 bits per heavy atom. The predicted molar refractivity (Wildman–Crippen MR) is 91.8 cm³/mol. The highest BCUT2D eigenvalue weighted by Crippen LogP contribution is 2.30. The molecule has 1 aliphatic rings. The van der Waals surface area contributed by atoms with Crippen molar-refractivity contribution in [3.05, 3.63) is 58.3 Å². The molecule has 0 radical (unpaired) electrons. The van der Waals surface area contributed by atoms with Crippen molar-refractivity contribution in [2.75, 3.05) is 6.54 Å². The highest BCUT2D eigenvalue weighted by Gasteiger charge is 2.34. The maximum Gasteiger partial charge on any atom is 0.232 e. The highest BCUT2D eigenvalue weighted by atomic mass is 35.5. The van der Waals surface area contributed by atoms with Crippen LogP contribution < -0.4 is 0 Å². The minimum absolute atomic E-state index is 0.0575. The summed E-state index contributed by atoms with van der Waals surface area (Å²) in [6, 6.07) is 11.5. The molecule has 1 aliphatic heterocycles. The Balaban J connectivity index is 1.48. The predicted octanol–water partition coefficient (Wildman–Crippen LogP) is 3.97. The zero-order chi connectivity index (χ0) is 16.5. The van der Waals surface area contributed by atoms with Gasteiger partial charge >= 0.3 is 0 Å². The normalized spacial score (nSPS) is 17.6. The van der Waals surface area contributed by atoms with Crippen LogP contribution in [0.1, 0.15) is 23.8 Å². The lowest BCUT2D eigenvalue weighted by molar-refractivity contribution is -0.128. The molecule has 0 N–H and O–H groups in total. The van der Waals surface area contributed by atoms with E-state index in [4.69, 9.17) is 16.1 Å². The van der Waals surface area contributed by atoms with Gasteiger partial charge in [0.1, 0.15) is 0 Å². The van der Waals surface area contributed by atoms with Crippen LogP contribution in [0.4, 0.5) is 0 Å². The zero-order valence-electron chi connectivity index (χ0n) is 12.7. The summed E-state index contributed by atoms with van der Waals surface area (Å²) < 4.78 is 5.38. The molecule has 2 aromatic heterocycles. The number of likely N-dealkylation sites (tertiary alicyclic amines) is 1. The summed E-state index contributed by atoms with van der Waals surface area (Å²) in [5.41, 5.74) is 1.02. The standard InChI is InChI=1S/C17H14ClN3O2S/c18-13-4-1-3-11(7-13)9-21-10-12(8-15(21)22)17-19-16(20-23-17)14-5-2-6-24-14/h1-7,12H,8-10H2. The van der Waals surface area contributed by atoms with Gasteiger partial charge in [-0.3, -0.25) is 4.79 Å². The van der Waals surface area contributed by atoms with Crippen molar-refractivity contribution in [3.8, 4) is 10.7 Å². The van der Waals surface area contributed by atoms with Gasteiger partial charge in [0.2, 0.25) is 17.6 Å². The summed E-state index contributed by atoms with van der Waals surface area (Å²) in [6.45, 7) is 1.12. The average Bonchev–Trinajstić information content (AvgIpc) is 3.28. The van der Waals surface area contributed by atoms with E-state index in [1.54, 1.807) is 11.3 Å². The molecule has 7 heteroatoms. The lowest BCUT2D eigenvalue weighted by atomic mass is 10.1. The molecule has 1 amide bonds. The number of hydrogen-bond donors (Lipinski definition) is 0. The molecule has 1 unspecified atom stereocenters. The molecule has 1 atom stereocenters. The molecule has 0 saturated carbocycles. The van der Waals surface area contributed by atoms with Crippen molar-refractivity contribution in [2.24, 2.45) is 0 Å². The van der Waals surface area contributed by atoms with Crippen LogP contribution in [0, 0.1) is 0 Å². The number of hydrogen-bond acceptors (Lipinski definition) is 5. The number of carbonyl (C=O) groups excluding carboxylic acids is 1. The second kappa shape index (κ2) is 6.37. The monoisotopic (exact) mass is 359 g/mol. The third-order valence-corrected chi connectivity index (χ3v) is 5.11. The largest absolute Gasteiger partial charge is 0.339 e. The van der Waals surface area contributed by atoms with E-state index in [-0.39, 0.29) is 11.8 Å². The minimum atomic E-state index is -0.0575. The zero-order valence-corrected chi connectivity index (χ0v) is 14.3. The number of nitrogens with zero attached hydrogens (tertiary/aromatic N) is 3. The van der Waals surface area contributed by atoms with Gasteiger partial charge in [0.25, 0.3) is 0 Å². The van der Waals surface area contributed by atoms with E-state index in [2.05, 4.69) is 10.1 Å². The fourth-order valence-electron chi connectivity index (χ4n) is 2.85. The Labute approximate surface area is 147 Å². The number of rotatable bonds is 4. The summed E-state index contributed by atoms with van der Waals surface area (Å²) >= 11 is 7.57. The molecular formula is C17H14ClN3O2S. The van der Waals surface area contributed by atoms with Crippen molar-refractivity contribution in [3.63, 3.8) is 0 Å². The topological polar surface area (TPSA) is 59.2 Å². The molecule has 122 valence electrons. The third-order valence-electron chi connectivity index (χ3n) is 4.01. The van der Waals surface area contributed by atoms with Crippen molar-refractivity contribution in [1.82, 2.24) is 15.0 Å². The maximum absolute atomic E-state index is 12.3. The number of thiophene rings is 1. The minimum Gasteiger partial charge on any atom is -0.339 e. The summed E-state index contributed by atoms with van der Waals surface area (Å²) in [5, 5.41) is 6.67. The smallest absolute Gasteiger partial charge is 0.232 e. The van der Waals surface area contributed by atoms with Gasteiger partial charge in [0, 0.05) is 24.5 Å². The first-order valence-corrected chi connectivity index (χ1v) is 8.84. The van der Waals surface area contributed by atoms with Gasteiger partial charge in [0.15, 0.2) is 0 Å². The van der Waals surface area contributed by atoms with E-state index >= 15 is 0 Å². The Bertz CT molecular complexity index is 862. The molecule has 0 bridgehead atoms. The second-order valence-electron chi connectivity index (χ2n) is 5.74. The maximum atomic E-state index is 12.3. The van der Waals surface area contributed by atoms with E-state index in [0.717, 1.165) is 10.4 Å². The third kappa shape index (κ3) is 3.07. The first-order valence-electron chi connectivity index (χ1n) is 7.59. The SMILES string of the molecule is O=C1CC(c2nc(-c3cccs3)no2)CN1Cc1cccc(Cl)c1. The van der Waals surface area contributed by atoms with Crippen LogP contribution in [0.5, 0.6) is 0 Å². The molecule has 1 aromatic carbocycles. The van der Waals surface area contributed by atoms with Crippen molar-refractivity contribution in [1.29, 1.82) is 0 Å². The number of aromatic nitrogens is 2. The average molecular weight is 360 g/mol. The van der Waals surface area contributed by atoms with Gasteiger partial charge in [-0.15, -0.1) is 11.3 Å². The van der Waals surface area contributed by atoms with Crippen LogP contribution in [-0.2, 0) is 11.3 Å². The van der Waals surface area contributed by atoms with Gasteiger partial charge in [-0.2, -0.15) is 4.98 Å². The number of benzene rings is 1. The second-order valence-corrected chi connectivity index (χ2v) is 7.12. The fraction of sp³-hybridized carbons (Fsp3) is 0.235. The van der Waals surface area contributed by atoms with Crippen molar-refractivity contribution >= 4 is 28.8 Å². The van der Waals surface area contributed by atoms with Gasteiger partial charge in [-0.25, -0.2) is 0 Å². The first kappa shape index (κ1) is 15.4. The van der Waals surface area contributed by atoms with E-state index in [9.17, 15) is 4.79 Å². The van der Waals surface area contributed by atoms with Gasteiger partial charge in [0.05, 0.1) is 10.8 Å². The summed E-state index contributed by atoms with van der Waals surface area (Å²) in [4.78, 5) is 19.5. The molecule has 3 aromatic rings. The van der Waals surface area contributed by atoms with Crippen LogP contribution in [0.3, 0.4) is 0 Å². The molecule has 3 heterocycles. The Kier molecular flexibility index (Phi) is 4.08. The number of amides is 1. The van der Waals surface area contributed by atoms with Crippen LogP contribution >= 0.6 is 22.9 Å². The molecule has 0 aliphatic carbocycles.